The fourth-order valence-corrected chi connectivity index (χ4v) is 3.93. The lowest BCUT2D eigenvalue weighted by molar-refractivity contribution is -0.127. The number of nitrogens with two attached hydrogens (primary N) is 1. The Balaban J connectivity index is 2.35. The molecule has 12 heteroatoms. The number of hydrogen-bond acceptors (Lipinski definition) is 7. The van der Waals surface area contributed by atoms with E-state index < -0.39 is 34.0 Å². The second-order valence-electron chi connectivity index (χ2n) is 6.19. The first-order chi connectivity index (χ1) is 14.5. The van der Waals surface area contributed by atoms with Crippen LogP contribution in [0.15, 0.2) is 47.4 Å². The molecule has 0 aromatic heterocycles. The summed E-state index contributed by atoms with van der Waals surface area (Å²) in [5.41, 5.74) is 4.85. The number of imide groups is 1. The van der Waals surface area contributed by atoms with E-state index in [1.54, 1.807) is 29.6 Å². The number of hydrogen-bond donors (Lipinski definition) is 2. The molecule has 10 nitrogen and oxygen atoms in total. The highest BCUT2D eigenvalue weighted by Gasteiger charge is 2.27. The number of amides is 3. The largest absolute Gasteiger partial charge is 0.495 e. The first-order valence-electron chi connectivity index (χ1n) is 8.71. The van der Waals surface area contributed by atoms with Gasteiger partial charge in [0.1, 0.15) is 5.75 Å². The number of urea groups is 1. The van der Waals surface area contributed by atoms with Gasteiger partial charge in [-0.3, -0.25) is 14.4 Å². The van der Waals surface area contributed by atoms with Crippen molar-refractivity contribution < 1.29 is 32.3 Å². The molecule has 31 heavy (non-hydrogen) atoms. The van der Waals surface area contributed by atoms with Crippen LogP contribution in [0.1, 0.15) is 17.3 Å². The molecule has 0 saturated carbocycles. The summed E-state index contributed by atoms with van der Waals surface area (Å²) in [6.45, 7) is 1.21. The van der Waals surface area contributed by atoms with Gasteiger partial charge in [0.25, 0.3) is 15.9 Å². The van der Waals surface area contributed by atoms with Crippen LogP contribution >= 0.6 is 11.6 Å². The first-order valence-corrected chi connectivity index (χ1v) is 10.5. The Morgan fingerprint density at radius 3 is 2.42 bits per heavy atom. The minimum atomic E-state index is -4.11. The second-order valence-corrected chi connectivity index (χ2v) is 8.56. The molecule has 0 aliphatic carbocycles. The van der Waals surface area contributed by atoms with Gasteiger partial charge in [0.15, 0.2) is 6.10 Å². The molecule has 0 bridgehead atoms. The number of carbonyl (C=O) groups excluding carboxylic acids is 3. The number of para-hydroxylation sites is 2. The molecule has 1 atom stereocenters. The van der Waals surface area contributed by atoms with E-state index in [9.17, 15) is 22.8 Å². The molecule has 3 amide bonds. The van der Waals surface area contributed by atoms with Crippen LogP contribution in [0.25, 0.3) is 0 Å². The van der Waals surface area contributed by atoms with Crippen molar-refractivity contribution >= 4 is 45.2 Å². The number of esters is 1. The predicted octanol–water partition coefficient (Wildman–Crippen LogP) is 1.91. The number of rotatable bonds is 7. The topological polar surface area (TPSA) is 145 Å². The Morgan fingerprint density at radius 2 is 1.81 bits per heavy atom. The van der Waals surface area contributed by atoms with Gasteiger partial charge in [-0.15, -0.1) is 0 Å². The zero-order valence-electron chi connectivity index (χ0n) is 16.8. The number of sulfonamides is 1. The number of nitrogens with one attached hydrogen (secondary N) is 1. The molecule has 0 aliphatic rings. The van der Waals surface area contributed by atoms with Crippen molar-refractivity contribution in [3.63, 3.8) is 0 Å². The third-order valence-electron chi connectivity index (χ3n) is 4.14. The van der Waals surface area contributed by atoms with Gasteiger partial charge in [0, 0.05) is 7.05 Å². The van der Waals surface area contributed by atoms with Gasteiger partial charge >= 0.3 is 12.0 Å². The molecular weight excluding hydrogens is 450 g/mol. The van der Waals surface area contributed by atoms with E-state index in [-0.39, 0.29) is 21.2 Å². The minimum absolute atomic E-state index is 0.0913. The zero-order chi connectivity index (χ0) is 23.3. The van der Waals surface area contributed by atoms with Crippen molar-refractivity contribution in [3.05, 3.63) is 53.1 Å². The molecule has 0 spiro atoms. The summed E-state index contributed by atoms with van der Waals surface area (Å²) in [5, 5.41) is 1.68. The summed E-state index contributed by atoms with van der Waals surface area (Å²) < 4.78 is 37.3. The third kappa shape index (κ3) is 5.44. The van der Waals surface area contributed by atoms with E-state index in [1.807, 2.05) is 0 Å². The molecule has 2 aromatic rings. The number of ether oxygens (including phenoxy) is 2. The lowest BCUT2D eigenvalue weighted by atomic mass is 10.2. The number of anilines is 1. The lowest BCUT2D eigenvalue weighted by Gasteiger charge is -2.22. The van der Waals surface area contributed by atoms with Gasteiger partial charge in [-0.25, -0.2) is 18.0 Å². The standard InChI is InChI=1S/C19H20ClN3O7S/c1-11(17(24)22-19(21)26)30-18(25)13-10-12(8-9-14(13)20)31(27,28)23(2)15-6-4-5-7-16(15)29-3/h4-11H,1-3H3,(H3,21,22,24,26)/t11-/m1/s1. The molecule has 166 valence electrons. The average Bonchev–Trinajstić information content (AvgIpc) is 2.72. The molecule has 0 radical (unpaired) electrons. The third-order valence-corrected chi connectivity index (χ3v) is 6.24. The maximum absolute atomic E-state index is 13.1. The second kappa shape index (κ2) is 9.67. The van der Waals surface area contributed by atoms with Crippen LogP contribution in [0, 0.1) is 0 Å². The first kappa shape index (κ1) is 24.0. The van der Waals surface area contributed by atoms with Gasteiger partial charge in [-0.2, -0.15) is 0 Å². The zero-order valence-corrected chi connectivity index (χ0v) is 18.4. The van der Waals surface area contributed by atoms with Crippen molar-refractivity contribution in [2.24, 2.45) is 5.73 Å². The molecule has 2 aromatic carbocycles. The number of carbonyl (C=O) groups is 3. The number of primary amides is 1. The monoisotopic (exact) mass is 469 g/mol. The van der Waals surface area contributed by atoms with Crippen molar-refractivity contribution in [2.75, 3.05) is 18.5 Å². The summed E-state index contributed by atoms with van der Waals surface area (Å²) >= 11 is 6.03. The fraction of sp³-hybridized carbons (Fsp3) is 0.211. The maximum Gasteiger partial charge on any atom is 0.340 e. The van der Waals surface area contributed by atoms with Crippen LogP contribution in [0.5, 0.6) is 5.75 Å². The van der Waals surface area contributed by atoms with Crippen LogP contribution < -0.4 is 20.1 Å². The van der Waals surface area contributed by atoms with E-state index in [0.29, 0.717) is 5.75 Å². The van der Waals surface area contributed by atoms with Gasteiger partial charge < -0.3 is 15.2 Å². The summed E-state index contributed by atoms with van der Waals surface area (Å²) in [7, 11) is -1.37. The van der Waals surface area contributed by atoms with Gasteiger partial charge in [-0.05, 0) is 37.3 Å². The summed E-state index contributed by atoms with van der Waals surface area (Å²) in [6.07, 6.45) is -1.38. The van der Waals surface area contributed by atoms with Crippen molar-refractivity contribution in [1.82, 2.24) is 5.32 Å². The Morgan fingerprint density at radius 1 is 1.16 bits per heavy atom. The number of benzene rings is 2. The van der Waals surface area contributed by atoms with Gasteiger partial charge in [-0.1, -0.05) is 23.7 Å². The molecule has 2 rings (SSSR count). The van der Waals surface area contributed by atoms with Crippen molar-refractivity contribution in [2.45, 2.75) is 17.9 Å². The molecule has 0 fully saturated rings. The Labute approximate surface area is 183 Å². The number of halogens is 1. The minimum Gasteiger partial charge on any atom is -0.495 e. The average molecular weight is 470 g/mol. The van der Waals surface area contributed by atoms with E-state index >= 15 is 0 Å². The van der Waals surface area contributed by atoms with E-state index in [1.165, 1.54) is 33.2 Å². The van der Waals surface area contributed by atoms with Gasteiger partial charge in [0.2, 0.25) is 0 Å². The molecule has 3 N–H and O–H groups in total. The summed E-state index contributed by atoms with van der Waals surface area (Å²) in [4.78, 5) is 34.7. The molecular formula is C19H20ClN3O7S. The van der Waals surface area contributed by atoms with E-state index in [2.05, 4.69) is 0 Å². The fourth-order valence-electron chi connectivity index (χ4n) is 2.50. The maximum atomic E-state index is 13.1. The van der Waals surface area contributed by atoms with Crippen LogP contribution in [-0.2, 0) is 19.6 Å². The van der Waals surface area contributed by atoms with E-state index in [0.717, 1.165) is 10.4 Å². The highest BCUT2D eigenvalue weighted by atomic mass is 35.5. The van der Waals surface area contributed by atoms with Crippen LogP contribution in [0.2, 0.25) is 5.02 Å². The molecule has 0 heterocycles. The Bertz CT molecular complexity index is 1120. The SMILES string of the molecule is COc1ccccc1N(C)S(=O)(=O)c1ccc(Cl)c(C(=O)O[C@H](C)C(=O)NC(N)=O)c1. The van der Waals surface area contributed by atoms with Gasteiger partial charge in [0.05, 0.1) is 28.3 Å². The Kier molecular flexibility index (Phi) is 7.47. The summed E-state index contributed by atoms with van der Waals surface area (Å²) in [6, 6.07) is 8.86. The van der Waals surface area contributed by atoms with Crippen molar-refractivity contribution in [3.8, 4) is 5.75 Å². The van der Waals surface area contributed by atoms with Crippen LogP contribution in [0.3, 0.4) is 0 Å². The highest BCUT2D eigenvalue weighted by Crippen LogP contribution is 2.32. The lowest BCUT2D eigenvalue weighted by Crippen LogP contribution is -2.42. The predicted molar refractivity (Wildman–Crippen MR) is 113 cm³/mol. The smallest absolute Gasteiger partial charge is 0.340 e. The highest BCUT2D eigenvalue weighted by molar-refractivity contribution is 7.92. The molecule has 0 unspecified atom stereocenters. The number of methoxy groups -OCH3 is 1. The molecule has 0 saturated heterocycles. The van der Waals surface area contributed by atoms with Crippen LogP contribution in [0.4, 0.5) is 10.5 Å². The number of nitrogens with zero attached hydrogens (tertiary/aromatic N) is 1. The van der Waals surface area contributed by atoms with Crippen molar-refractivity contribution in [1.29, 1.82) is 0 Å². The molecule has 0 aliphatic heterocycles. The quantitative estimate of drug-likeness (QED) is 0.589. The van der Waals surface area contributed by atoms with E-state index in [4.69, 9.17) is 26.8 Å². The normalized spacial score (nSPS) is 11.9. The summed E-state index contributed by atoms with van der Waals surface area (Å²) in [5.74, 6) is -1.68. The van der Waals surface area contributed by atoms with Crippen LogP contribution in [-0.4, -0.2) is 46.6 Å². The Hall–Kier alpha value is -3.31.